The van der Waals surface area contributed by atoms with Crippen LogP contribution in [0.15, 0.2) is 48.5 Å². The highest BCUT2D eigenvalue weighted by molar-refractivity contribution is 5.91. The van der Waals surface area contributed by atoms with Gasteiger partial charge < -0.3 is 10.1 Å². The number of hydrogen-bond acceptors (Lipinski definition) is 3. The maximum absolute atomic E-state index is 14.0. The van der Waals surface area contributed by atoms with Crippen LogP contribution in [0.1, 0.15) is 17.5 Å². The topological polar surface area (TPSA) is 61.9 Å². The maximum atomic E-state index is 14.0. The van der Waals surface area contributed by atoms with Gasteiger partial charge in [0, 0.05) is 13.1 Å². The maximum Gasteiger partial charge on any atom is 0.429 e. The van der Waals surface area contributed by atoms with Crippen LogP contribution in [0.25, 0.3) is 0 Å². The molecule has 1 saturated heterocycles. The first-order valence-electron chi connectivity index (χ1n) is 8.69. The Hall–Kier alpha value is -3.30. The number of rotatable bonds is 3. The molecular formula is C19H17F4N3O3. The second kappa shape index (κ2) is 8.38. The van der Waals surface area contributed by atoms with Crippen molar-refractivity contribution in [2.45, 2.75) is 19.2 Å². The molecule has 1 aliphatic heterocycles. The molecule has 6 nitrogen and oxygen atoms in total. The minimum atomic E-state index is -4.86. The van der Waals surface area contributed by atoms with Gasteiger partial charge in [0.2, 0.25) is 0 Å². The predicted octanol–water partition coefficient (Wildman–Crippen LogP) is 4.64. The molecule has 3 rings (SSSR count). The fraction of sp³-hybridized carbons (Fsp3) is 0.263. The lowest BCUT2D eigenvalue weighted by Gasteiger charge is -2.27. The molecule has 3 amide bonds. The summed E-state index contributed by atoms with van der Waals surface area (Å²) in [5.41, 5.74) is -1.57. The summed E-state index contributed by atoms with van der Waals surface area (Å²) < 4.78 is 58.4. The van der Waals surface area contributed by atoms with Crippen LogP contribution >= 0.6 is 0 Å². The molecule has 0 spiro atoms. The number of halogens is 4. The molecule has 1 fully saturated rings. The largest absolute Gasteiger partial charge is 0.443 e. The van der Waals surface area contributed by atoms with Crippen molar-refractivity contribution in [2.24, 2.45) is 0 Å². The number of carbonyl (C=O) groups excluding carboxylic acids is 2. The van der Waals surface area contributed by atoms with Crippen LogP contribution in [0, 0.1) is 5.82 Å². The number of urea groups is 1. The molecule has 0 radical (unpaired) electrons. The molecule has 0 bridgehead atoms. The van der Waals surface area contributed by atoms with Gasteiger partial charge in [0.05, 0.1) is 11.3 Å². The van der Waals surface area contributed by atoms with Crippen molar-refractivity contribution < 1.29 is 31.9 Å². The summed E-state index contributed by atoms with van der Waals surface area (Å²) >= 11 is 0. The Morgan fingerprint density at radius 3 is 2.38 bits per heavy atom. The fourth-order valence-electron chi connectivity index (χ4n) is 2.87. The predicted molar refractivity (Wildman–Crippen MR) is 95.1 cm³/mol. The standard InChI is InChI=1S/C19H17F4N3O3/c20-15-9-4-8-14(19(21,22)23)16(15)24-17(27)25-10-5-11-26(25)18(28)29-12-13-6-2-1-3-7-13/h1-4,6-9H,5,10-12H2,(H,24,27). The van der Waals surface area contributed by atoms with E-state index in [0.29, 0.717) is 12.5 Å². The minimum absolute atomic E-state index is 0.0306. The van der Waals surface area contributed by atoms with Crippen LogP contribution in [-0.2, 0) is 17.5 Å². The summed E-state index contributed by atoms with van der Waals surface area (Å²) in [5.74, 6) is -1.23. The van der Waals surface area contributed by atoms with E-state index in [1.165, 1.54) is 0 Å². The molecule has 2 aromatic carbocycles. The highest BCUT2D eigenvalue weighted by Gasteiger charge is 2.37. The van der Waals surface area contributed by atoms with E-state index in [-0.39, 0.29) is 19.7 Å². The number of amides is 3. The molecule has 0 aromatic heterocycles. The Morgan fingerprint density at radius 1 is 1.00 bits per heavy atom. The molecule has 29 heavy (non-hydrogen) atoms. The van der Waals surface area contributed by atoms with Crippen molar-refractivity contribution in [3.8, 4) is 0 Å². The Balaban J connectivity index is 1.70. The van der Waals surface area contributed by atoms with Gasteiger partial charge in [-0.15, -0.1) is 0 Å². The highest BCUT2D eigenvalue weighted by atomic mass is 19.4. The Kier molecular flexibility index (Phi) is 5.90. The Labute approximate surface area is 163 Å². The zero-order valence-electron chi connectivity index (χ0n) is 15.1. The van der Waals surface area contributed by atoms with Gasteiger partial charge in [0.25, 0.3) is 0 Å². The summed E-state index contributed by atoms with van der Waals surface area (Å²) in [6, 6.07) is 10.1. The van der Waals surface area contributed by atoms with Crippen molar-refractivity contribution >= 4 is 17.8 Å². The highest BCUT2D eigenvalue weighted by Crippen LogP contribution is 2.36. The third kappa shape index (κ3) is 4.76. The smallest absolute Gasteiger partial charge is 0.429 e. The number of alkyl halides is 3. The van der Waals surface area contributed by atoms with Crippen LogP contribution in [0.3, 0.4) is 0 Å². The molecule has 1 aliphatic rings. The normalized spacial score (nSPS) is 14.1. The lowest BCUT2D eigenvalue weighted by Crippen LogP contribution is -2.47. The van der Waals surface area contributed by atoms with Crippen molar-refractivity contribution in [3.63, 3.8) is 0 Å². The molecule has 0 atom stereocenters. The van der Waals surface area contributed by atoms with Crippen LogP contribution in [0.5, 0.6) is 0 Å². The van der Waals surface area contributed by atoms with Crippen LogP contribution in [-0.4, -0.2) is 35.2 Å². The van der Waals surface area contributed by atoms with Gasteiger partial charge in [-0.25, -0.2) is 24.0 Å². The van der Waals surface area contributed by atoms with E-state index in [2.05, 4.69) is 0 Å². The summed E-state index contributed by atoms with van der Waals surface area (Å²) in [5, 5.41) is 3.81. The van der Waals surface area contributed by atoms with Gasteiger partial charge in [-0.2, -0.15) is 13.2 Å². The Morgan fingerprint density at radius 2 is 1.69 bits per heavy atom. The quantitative estimate of drug-likeness (QED) is 0.749. The average molecular weight is 411 g/mol. The van der Waals surface area contributed by atoms with E-state index >= 15 is 0 Å². The number of anilines is 1. The van der Waals surface area contributed by atoms with Crippen LogP contribution < -0.4 is 5.32 Å². The minimum Gasteiger partial charge on any atom is -0.443 e. The molecular weight excluding hydrogens is 394 g/mol. The van der Waals surface area contributed by atoms with Gasteiger partial charge in [0.1, 0.15) is 12.4 Å². The van der Waals surface area contributed by atoms with E-state index in [9.17, 15) is 27.2 Å². The second-order valence-electron chi connectivity index (χ2n) is 6.23. The molecule has 0 saturated carbocycles. The molecule has 10 heteroatoms. The van der Waals surface area contributed by atoms with Gasteiger partial charge in [-0.1, -0.05) is 36.4 Å². The number of benzene rings is 2. The summed E-state index contributed by atoms with van der Waals surface area (Å²) in [6.07, 6.45) is -5.28. The fourth-order valence-corrected chi connectivity index (χ4v) is 2.87. The van der Waals surface area contributed by atoms with Crippen molar-refractivity contribution in [3.05, 3.63) is 65.5 Å². The van der Waals surface area contributed by atoms with Gasteiger partial charge >= 0.3 is 18.3 Å². The Bertz CT molecular complexity index is 890. The van der Waals surface area contributed by atoms with E-state index in [0.717, 1.165) is 27.7 Å². The zero-order chi connectivity index (χ0) is 21.0. The van der Waals surface area contributed by atoms with Gasteiger partial charge in [-0.3, -0.25) is 0 Å². The summed E-state index contributed by atoms with van der Waals surface area (Å²) in [6.45, 7) is 0.184. The van der Waals surface area contributed by atoms with E-state index in [1.807, 2.05) is 5.32 Å². The van der Waals surface area contributed by atoms with E-state index in [1.54, 1.807) is 30.3 Å². The van der Waals surface area contributed by atoms with Crippen molar-refractivity contribution in [1.29, 1.82) is 0 Å². The summed E-state index contributed by atoms with van der Waals surface area (Å²) in [4.78, 5) is 24.8. The van der Waals surface area contributed by atoms with Crippen LogP contribution in [0.4, 0.5) is 32.8 Å². The zero-order valence-corrected chi connectivity index (χ0v) is 15.1. The van der Waals surface area contributed by atoms with Gasteiger partial charge in [-0.05, 0) is 24.1 Å². The molecule has 1 N–H and O–H groups in total. The molecule has 2 aromatic rings. The molecule has 1 heterocycles. The number of carbonyl (C=O) groups is 2. The number of nitrogens with zero attached hydrogens (tertiary/aromatic N) is 2. The second-order valence-corrected chi connectivity index (χ2v) is 6.23. The number of ether oxygens (including phenoxy) is 1. The number of para-hydroxylation sites is 1. The number of hydrazine groups is 1. The first-order chi connectivity index (χ1) is 13.8. The SMILES string of the molecule is O=C(Nc1c(F)cccc1C(F)(F)F)N1CCCN1C(=O)OCc1ccccc1. The van der Waals surface area contributed by atoms with Crippen LogP contribution in [0.2, 0.25) is 0 Å². The molecule has 154 valence electrons. The third-order valence-electron chi connectivity index (χ3n) is 4.23. The molecule has 0 unspecified atom stereocenters. The van der Waals surface area contributed by atoms with E-state index in [4.69, 9.17) is 4.74 Å². The van der Waals surface area contributed by atoms with Gasteiger partial charge in [0.15, 0.2) is 0 Å². The molecule has 0 aliphatic carbocycles. The van der Waals surface area contributed by atoms with Crippen molar-refractivity contribution in [1.82, 2.24) is 10.0 Å². The first kappa shape index (κ1) is 20.4. The number of nitrogens with one attached hydrogen (secondary N) is 1. The summed E-state index contributed by atoms with van der Waals surface area (Å²) in [7, 11) is 0. The lowest BCUT2D eigenvalue weighted by molar-refractivity contribution is -0.137. The third-order valence-corrected chi connectivity index (χ3v) is 4.23. The first-order valence-corrected chi connectivity index (χ1v) is 8.69. The average Bonchev–Trinajstić information content (AvgIpc) is 3.17. The lowest BCUT2D eigenvalue weighted by atomic mass is 10.1. The van der Waals surface area contributed by atoms with Crippen molar-refractivity contribution in [2.75, 3.05) is 18.4 Å². The van der Waals surface area contributed by atoms with E-state index < -0.39 is 35.4 Å². The number of hydrogen-bond donors (Lipinski definition) is 1. The monoisotopic (exact) mass is 411 g/mol.